The lowest BCUT2D eigenvalue weighted by Gasteiger charge is -2.18. The summed E-state index contributed by atoms with van der Waals surface area (Å²) in [7, 11) is -2.14. The Morgan fingerprint density at radius 1 is 1.45 bits per heavy atom. The Hall–Kier alpha value is -1.27. The number of ether oxygens (including phenoxy) is 1. The van der Waals surface area contributed by atoms with E-state index in [9.17, 15) is 8.42 Å². The van der Waals surface area contributed by atoms with Crippen molar-refractivity contribution < 1.29 is 13.2 Å². The van der Waals surface area contributed by atoms with E-state index in [1.54, 1.807) is 6.07 Å². The Bertz CT molecular complexity index is 568. The molecule has 3 N–H and O–H groups in total. The number of hydrogen-bond acceptors (Lipinski definition) is 4. The summed E-state index contributed by atoms with van der Waals surface area (Å²) in [5.74, 6) is 0.953. The van der Waals surface area contributed by atoms with Crippen LogP contribution >= 0.6 is 0 Å². The SMILES string of the molecule is CCC(CC1CC1)NS(=O)(=O)c1ccc(N)cc1OC. The van der Waals surface area contributed by atoms with E-state index in [1.165, 1.54) is 32.1 Å². The van der Waals surface area contributed by atoms with Crippen molar-refractivity contribution in [3.05, 3.63) is 18.2 Å². The molecule has 1 atom stereocenters. The highest BCUT2D eigenvalue weighted by Gasteiger charge is 2.28. The first kappa shape index (κ1) is 15.1. The highest BCUT2D eigenvalue weighted by molar-refractivity contribution is 7.89. The van der Waals surface area contributed by atoms with Crippen LogP contribution in [-0.4, -0.2) is 21.6 Å². The molecule has 6 heteroatoms. The van der Waals surface area contributed by atoms with Crippen molar-refractivity contribution in [3.63, 3.8) is 0 Å². The van der Waals surface area contributed by atoms with Gasteiger partial charge >= 0.3 is 0 Å². The van der Waals surface area contributed by atoms with E-state index in [-0.39, 0.29) is 16.7 Å². The van der Waals surface area contributed by atoms with Crippen LogP contribution in [-0.2, 0) is 10.0 Å². The zero-order chi connectivity index (χ0) is 14.8. The topological polar surface area (TPSA) is 81.4 Å². The molecule has 2 rings (SSSR count). The molecule has 0 amide bonds. The van der Waals surface area contributed by atoms with Crippen LogP contribution in [0.2, 0.25) is 0 Å². The third kappa shape index (κ3) is 3.64. The molecule has 20 heavy (non-hydrogen) atoms. The van der Waals surface area contributed by atoms with Gasteiger partial charge in [-0.3, -0.25) is 0 Å². The predicted molar refractivity (Wildman–Crippen MR) is 79.1 cm³/mol. The molecule has 0 bridgehead atoms. The molecular weight excluding hydrogens is 276 g/mol. The van der Waals surface area contributed by atoms with Gasteiger partial charge in [-0.05, 0) is 30.9 Å². The molecule has 1 aromatic rings. The Kier molecular flexibility index (Phi) is 4.55. The van der Waals surface area contributed by atoms with Gasteiger partial charge in [0, 0.05) is 17.8 Å². The highest BCUT2D eigenvalue weighted by Crippen LogP contribution is 2.34. The zero-order valence-corrected chi connectivity index (χ0v) is 12.7. The molecule has 0 aromatic heterocycles. The van der Waals surface area contributed by atoms with Crippen molar-refractivity contribution in [2.75, 3.05) is 12.8 Å². The van der Waals surface area contributed by atoms with Gasteiger partial charge in [-0.25, -0.2) is 13.1 Å². The summed E-state index contributed by atoms with van der Waals surface area (Å²) in [5, 5.41) is 0. The second-order valence-corrected chi connectivity index (χ2v) is 7.00. The van der Waals surface area contributed by atoms with Crippen molar-refractivity contribution in [1.82, 2.24) is 4.72 Å². The Morgan fingerprint density at radius 2 is 2.15 bits per heavy atom. The lowest BCUT2D eigenvalue weighted by Crippen LogP contribution is -2.35. The molecule has 0 spiro atoms. The molecule has 1 fully saturated rings. The average molecular weight is 298 g/mol. The number of nitrogens with two attached hydrogens (primary N) is 1. The number of anilines is 1. The van der Waals surface area contributed by atoms with Crippen LogP contribution in [0.15, 0.2) is 23.1 Å². The van der Waals surface area contributed by atoms with E-state index in [1.807, 2.05) is 6.92 Å². The minimum atomic E-state index is -3.58. The fourth-order valence-electron chi connectivity index (χ4n) is 2.24. The average Bonchev–Trinajstić information content (AvgIpc) is 3.21. The molecule has 0 saturated heterocycles. The van der Waals surface area contributed by atoms with Gasteiger partial charge in [-0.2, -0.15) is 0 Å². The molecule has 0 aliphatic heterocycles. The summed E-state index contributed by atoms with van der Waals surface area (Å²) in [5.41, 5.74) is 6.13. The first-order valence-electron chi connectivity index (χ1n) is 6.92. The fourth-order valence-corrected chi connectivity index (χ4v) is 3.73. The monoisotopic (exact) mass is 298 g/mol. The van der Waals surface area contributed by atoms with Gasteiger partial charge in [0.15, 0.2) is 0 Å². The number of sulfonamides is 1. The third-order valence-corrected chi connectivity index (χ3v) is 5.17. The Morgan fingerprint density at radius 3 is 2.70 bits per heavy atom. The molecule has 1 aromatic carbocycles. The molecule has 1 saturated carbocycles. The van der Waals surface area contributed by atoms with Crippen molar-refractivity contribution >= 4 is 15.7 Å². The second kappa shape index (κ2) is 6.01. The van der Waals surface area contributed by atoms with Gasteiger partial charge in [0.1, 0.15) is 10.6 Å². The maximum Gasteiger partial charge on any atom is 0.244 e. The number of hydrogen-bond donors (Lipinski definition) is 2. The van der Waals surface area contributed by atoms with Crippen molar-refractivity contribution in [2.45, 2.75) is 43.5 Å². The predicted octanol–water partition coefficient (Wildman–Crippen LogP) is 2.13. The summed E-state index contributed by atoms with van der Waals surface area (Å²) in [6.07, 6.45) is 4.12. The minimum absolute atomic E-state index is 0.0187. The van der Waals surface area contributed by atoms with E-state index in [0.717, 1.165) is 12.8 Å². The van der Waals surface area contributed by atoms with Gasteiger partial charge in [0.2, 0.25) is 10.0 Å². The van der Waals surface area contributed by atoms with Crippen LogP contribution < -0.4 is 15.2 Å². The number of benzene rings is 1. The normalized spacial score (nSPS) is 16.9. The number of methoxy groups -OCH3 is 1. The maximum atomic E-state index is 12.5. The van der Waals surface area contributed by atoms with Crippen LogP contribution in [0.4, 0.5) is 5.69 Å². The van der Waals surface area contributed by atoms with Gasteiger partial charge in [0.25, 0.3) is 0 Å². The largest absolute Gasteiger partial charge is 0.495 e. The molecule has 1 aliphatic carbocycles. The van der Waals surface area contributed by atoms with E-state index in [0.29, 0.717) is 11.6 Å². The molecule has 1 aliphatic rings. The lowest BCUT2D eigenvalue weighted by atomic mass is 10.1. The third-order valence-electron chi connectivity index (χ3n) is 3.61. The van der Waals surface area contributed by atoms with E-state index < -0.39 is 10.0 Å². The summed E-state index contributed by atoms with van der Waals surface area (Å²) in [6.45, 7) is 2.00. The summed E-state index contributed by atoms with van der Waals surface area (Å²) >= 11 is 0. The molecule has 5 nitrogen and oxygen atoms in total. The summed E-state index contributed by atoms with van der Waals surface area (Å²) in [4.78, 5) is 0.142. The van der Waals surface area contributed by atoms with Gasteiger partial charge in [-0.15, -0.1) is 0 Å². The quantitative estimate of drug-likeness (QED) is 0.756. The van der Waals surface area contributed by atoms with Gasteiger partial charge < -0.3 is 10.5 Å². The highest BCUT2D eigenvalue weighted by atomic mass is 32.2. The minimum Gasteiger partial charge on any atom is -0.495 e. The Balaban J connectivity index is 2.20. The molecular formula is C14H22N2O3S. The van der Waals surface area contributed by atoms with Crippen molar-refractivity contribution in [2.24, 2.45) is 5.92 Å². The Labute approximate surface area is 120 Å². The molecule has 112 valence electrons. The molecule has 1 unspecified atom stereocenters. The maximum absolute atomic E-state index is 12.5. The fraction of sp³-hybridized carbons (Fsp3) is 0.571. The van der Waals surface area contributed by atoms with Crippen molar-refractivity contribution in [3.8, 4) is 5.75 Å². The first-order valence-corrected chi connectivity index (χ1v) is 8.40. The van der Waals surface area contributed by atoms with Gasteiger partial charge in [-0.1, -0.05) is 19.8 Å². The van der Waals surface area contributed by atoms with Crippen molar-refractivity contribution in [1.29, 1.82) is 0 Å². The number of nitrogens with one attached hydrogen (secondary N) is 1. The molecule has 0 heterocycles. The van der Waals surface area contributed by atoms with E-state index >= 15 is 0 Å². The van der Waals surface area contributed by atoms with Crippen LogP contribution in [0.1, 0.15) is 32.6 Å². The molecule has 0 radical (unpaired) electrons. The number of rotatable bonds is 7. The van der Waals surface area contributed by atoms with Crippen LogP contribution in [0.5, 0.6) is 5.75 Å². The standard InChI is InChI=1S/C14H22N2O3S/c1-3-12(8-10-4-5-10)16-20(17,18)14-7-6-11(15)9-13(14)19-2/h6-7,9-10,12,16H,3-5,8,15H2,1-2H3. The lowest BCUT2D eigenvalue weighted by molar-refractivity contribution is 0.401. The summed E-state index contributed by atoms with van der Waals surface area (Å²) in [6, 6.07) is 4.56. The van der Waals surface area contributed by atoms with Gasteiger partial charge in [0.05, 0.1) is 7.11 Å². The number of nitrogen functional groups attached to an aromatic ring is 1. The van der Waals surface area contributed by atoms with Crippen LogP contribution in [0.25, 0.3) is 0 Å². The van der Waals surface area contributed by atoms with E-state index in [2.05, 4.69) is 4.72 Å². The first-order chi connectivity index (χ1) is 9.46. The van der Waals surface area contributed by atoms with Crippen LogP contribution in [0.3, 0.4) is 0 Å². The van der Waals surface area contributed by atoms with Crippen LogP contribution in [0, 0.1) is 5.92 Å². The summed E-state index contributed by atoms with van der Waals surface area (Å²) < 4.78 is 32.8. The smallest absolute Gasteiger partial charge is 0.244 e. The second-order valence-electron chi connectivity index (χ2n) is 5.32. The zero-order valence-electron chi connectivity index (χ0n) is 11.9. The van der Waals surface area contributed by atoms with E-state index in [4.69, 9.17) is 10.5 Å².